The van der Waals surface area contributed by atoms with Gasteiger partial charge in [0.25, 0.3) is 0 Å². The van der Waals surface area contributed by atoms with Gasteiger partial charge in [0.15, 0.2) is 0 Å². The molecule has 0 bridgehead atoms. The third kappa shape index (κ3) is 1.66. The van der Waals surface area contributed by atoms with Gasteiger partial charge in [0.2, 0.25) is 0 Å². The van der Waals surface area contributed by atoms with Gasteiger partial charge in [0.1, 0.15) is 0 Å². The average Bonchev–Trinajstić information content (AvgIpc) is 2.66. The molecule has 0 saturated heterocycles. The summed E-state index contributed by atoms with van der Waals surface area (Å²) in [7, 11) is 2.08. The highest BCUT2D eigenvalue weighted by molar-refractivity contribution is 4.84. The largest absolute Gasteiger partial charge is 0.395 e. The van der Waals surface area contributed by atoms with E-state index in [1.54, 1.807) is 0 Å². The van der Waals surface area contributed by atoms with Gasteiger partial charge in [-0.3, -0.25) is 4.90 Å². The van der Waals surface area contributed by atoms with Crippen molar-refractivity contribution < 1.29 is 5.11 Å². The predicted molar refractivity (Wildman–Crippen MR) is 37.3 cm³/mol. The maximum atomic E-state index is 8.74. The van der Waals surface area contributed by atoms with E-state index in [1.165, 1.54) is 12.8 Å². The molecule has 0 aromatic carbocycles. The van der Waals surface area contributed by atoms with Crippen molar-refractivity contribution in [1.29, 1.82) is 0 Å². The zero-order valence-electron chi connectivity index (χ0n) is 6.17. The second-order valence-corrected chi connectivity index (χ2v) is 2.93. The maximum Gasteiger partial charge on any atom is 0.0584 e. The quantitative estimate of drug-likeness (QED) is 0.598. The highest BCUT2D eigenvalue weighted by Gasteiger charge is 2.28. The fraction of sp³-hybridized carbons (Fsp3) is 1.00. The first-order valence-electron chi connectivity index (χ1n) is 3.58. The van der Waals surface area contributed by atoms with Gasteiger partial charge in [0.05, 0.1) is 6.61 Å². The summed E-state index contributed by atoms with van der Waals surface area (Å²) in [5, 5.41) is 8.74. The Bertz CT molecular complexity index is 90.9. The fourth-order valence-electron chi connectivity index (χ4n) is 0.970. The Morgan fingerprint density at radius 3 is 2.56 bits per heavy atom. The minimum atomic E-state index is 0.285. The Balaban J connectivity index is 2.22. The van der Waals surface area contributed by atoms with Crippen molar-refractivity contribution >= 4 is 0 Å². The molecule has 1 aliphatic carbocycles. The molecule has 1 unspecified atom stereocenters. The molecule has 2 nitrogen and oxygen atoms in total. The first kappa shape index (κ1) is 7.03. The van der Waals surface area contributed by atoms with Crippen molar-refractivity contribution in [1.82, 2.24) is 4.90 Å². The molecular weight excluding hydrogens is 114 g/mol. The summed E-state index contributed by atoms with van der Waals surface area (Å²) in [6, 6.07) is 1.12. The number of likely N-dealkylation sites (N-methyl/N-ethyl adjacent to an activating group) is 1. The van der Waals surface area contributed by atoms with Gasteiger partial charge in [-0.2, -0.15) is 0 Å². The molecule has 1 N–H and O–H groups in total. The molecule has 1 fully saturated rings. The summed E-state index contributed by atoms with van der Waals surface area (Å²) >= 11 is 0. The summed E-state index contributed by atoms with van der Waals surface area (Å²) in [4.78, 5) is 2.25. The van der Waals surface area contributed by atoms with Gasteiger partial charge < -0.3 is 5.11 Å². The van der Waals surface area contributed by atoms with Gasteiger partial charge in [0, 0.05) is 12.1 Å². The van der Waals surface area contributed by atoms with Crippen LogP contribution in [0.5, 0.6) is 0 Å². The molecule has 0 aromatic heterocycles. The van der Waals surface area contributed by atoms with Gasteiger partial charge in [-0.25, -0.2) is 0 Å². The SMILES string of the molecule is CC(CO)N(C)C1CC1. The van der Waals surface area contributed by atoms with E-state index in [-0.39, 0.29) is 6.61 Å². The van der Waals surface area contributed by atoms with Crippen LogP contribution < -0.4 is 0 Å². The van der Waals surface area contributed by atoms with Crippen molar-refractivity contribution in [2.45, 2.75) is 31.8 Å². The third-order valence-corrected chi connectivity index (χ3v) is 2.08. The summed E-state index contributed by atoms with van der Waals surface area (Å²) in [5.41, 5.74) is 0. The van der Waals surface area contributed by atoms with E-state index >= 15 is 0 Å². The van der Waals surface area contributed by atoms with E-state index in [2.05, 4.69) is 18.9 Å². The number of aliphatic hydroxyl groups is 1. The lowest BCUT2D eigenvalue weighted by Gasteiger charge is -2.21. The van der Waals surface area contributed by atoms with Crippen LogP contribution in [0.15, 0.2) is 0 Å². The van der Waals surface area contributed by atoms with E-state index < -0.39 is 0 Å². The number of hydrogen-bond donors (Lipinski definition) is 1. The molecule has 1 atom stereocenters. The van der Waals surface area contributed by atoms with Crippen molar-refractivity contribution in [3.05, 3.63) is 0 Å². The molecule has 2 heteroatoms. The van der Waals surface area contributed by atoms with Crippen LogP contribution in [-0.4, -0.2) is 35.7 Å². The minimum Gasteiger partial charge on any atom is -0.395 e. The molecule has 0 spiro atoms. The molecule has 0 aliphatic heterocycles. The Morgan fingerprint density at radius 2 is 2.22 bits per heavy atom. The number of nitrogens with zero attached hydrogens (tertiary/aromatic N) is 1. The van der Waals surface area contributed by atoms with Crippen molar-refractivity contribution in [3.63, 3.8) is 0 Å². The Hall–Kier alpha value is -0.0800. The third-order valence-electron chi connectivity index (χ3n) is 2.08. The second-order valence-electron chi connectivity index (χ2n) is 2.93. The lowest BCUT2D eigenvalue weighted by molar-refractivity contribution is 0.153. The van der Waals surface area contributed by atoms with Crippen LogP contribution in [0.2, 0.25) is 0 Å². The molecule has 54 valence electrons. The first-order valence-corrected chi connectivity index (χ1v) is 3.58. The van der Waals surface area contributed by atoms with Crippen LogP contribution in [0.1, 0.15) is 19.8 Å². The molecule has 0 aromatic rings. The molecule has 0 heterocycles. The molecular formula is C7H15NO. The van der Waals surface area contributed by atoms with Crippen LogP contribution in [0.25, 0.3) is 0 Å². The normalized spacial score (nSPS) is 22.7. The molecule has 0 amide bonds. The van der Waals surface area contributed by atoms with Gasteiger partial charge in [-0.05, 0) is 26.8 Å². The first-order chi connectivity index (χ1) is 4.25. The van der Waals surface area contributed by atoms with Crippen molar-refractivity contribution in [3.8, 4) is 0 Å². The van der Waals surface area contributed by atoms with Gasteiger partial charge in [-0.1, -0.05) is 0 Å². The number of rotatable bonds is 3. The molecule has 0 radical (unpaired) electrons. The maximum absolute atomic E-state index is 8.74. The topological polar surface area (TPSA) is 23.5 Å². The van der Waals surface area contributed by atoms with E-state index in [9.17, 15) is 0 Å². The van der Waals surface area contributed by atoms with Crippen LogP contribution >= 0.6 is 0 Å². The standard InChI is InChI=1S/C7H15NO/c1-6(5-9)8(2)7-3-4-7/h6-7,9H,3-5H2,1-2H3. The van der Waals surface area contributed by atoms with E-state index in [4.69, 9.17) is 5.11 Å². The summed E-state index contributed by atoms with van der Waals surface area (Å²) in [6.45, 7) is 2.34. The zero-order valence-corrected chi connectivity index (χ0v) is 6.17. The van der Waals surface area contributed by atoms with Crippen LogP contribution in [0.3, 0.4) is 0 Å². The lowest BCUT2D eigenvalue weighted by Crippen LogP contribution is -2.33. The van der Waals surface area contributed by atoms with Crippen LogP contribution in [-0.2, 0) is 0 Å². The molecule has 1 saturated carbocycles. The molecule has 1 aliphatic rings. The van der Waals surface area contributed by atoms with Crippen LogP contribution in [0, 0.1) is 0 Å². The fourth-order valence-corrected chi connectivity index (χ4v) is 0.970. The molecule has 1 rings (SSSR count). The second kappa shape index (κ2) is 2.67. The Morgan fingerprint density at radius 1 is 1.67 bits per heavy atom. The van der Waals surface area contributed by atoms with E-state index in [1.807, 2.05) is 0 Å². The van der Waals surface area contributed by atoms with E-state index in [0.29, 0.717) is 6.04 Å². The summed E-state index contributed by atoms with van der Waals surface area (Å²) in [5.74, 6) is 0. The number of aliphatic hydroxyl groups excluding tert-OH is 1. The monoisotopic (exact) mass is 129 g/mol. The van der Waals surface area contributed by atoms with Crippen molar-refractivity contribution in [2.75, 3.05) is 13.7 Å². The summed E-state index contributed by atoms with van der Waals surface area (Å²) < 4.78 is 0. The smallest absolute Gasteiger partial charge is 0.0584 e. The number of hydrogen-bond acceptors (Lipinski definition) is 2. The average molecular weight is 129 g/mol. The lowest BCUT2D eigenvalue weighted by atomic mass is 10.3. The predicted octanol–water partition coefficient (Wildman–Crippen LogP) is 0.461. The Labute approximate surface area is 56.5 Å². The minimum absolute atomic E-state index is 0.285. The summed E-state index contributed by atoms with van der Waals surface area (Å²) in [6.07, 6.45) is 2.64. The highest BCUT2D eigenvalue weighted by atomic mass is 16.3. The molecule has 9 heavy (non-hydrogen) atoms. The highest BCUT2D eigenvalue weighted by Crippen LogP contribution is 2.26. The van der Waals surface area contributed by atoms with E-state index in [0.717, 1.165) is 6.04 Å². The zero-order chi connectivity index (χ0) is 6.85. The van der Waals surface area contributed by atoms with Crippen LogP contribution in [0.4, 0.5) is 0 Å². The van der Waals surface area contributed by atoms with Gasteiger partial charge in [-0.15, -0.1) is 0 Å². The van der Waals surface area contributed by atoms with Gasteiger partial charge >= 0.3 is 0 Å². The van der Waals surface area contributed by atoms with Crippen molar-refractivity contribution in [2.24, 2.45) is 0 Å². The Kier molecular flexibility index (Phi) is 2.09.